The van der Waals surface area contributed by atoms with Crippen molar-refractivity contribution in [3.63, 3.8) is 0 Å². The maximum atomic E-state index is 13.2. The predicted molar refractivity (Wildman–Crippen MR) is 114 cm³/mol. The van der Waals surface area contributed by atoms with Crippen molar-refractivity contribution in [3.05, 3.63) is 71.4 Å². The third-order valence-electron chi connectivity index (χ3n) is 5.29. The third kappa shape index (κ3) is 3.69. The van der Waals surface area contributed by atoms with Crippen LogP contribution in [0, 0.1) is 0 Å². The molecule has 1 unspecified atom stereocenters. The summed E-state index contributed by atoms with van der Waals surface area (Å²) in [6.45, 7) is 2.86. The minimum atomic E-state index is 0.00524. The molecule has 0 radical (unpaired) electrons. The molecule has 0 saturated carbocycles. The van der Waals surface area contributed by atoms with Crippen molar-refractivity contribution in [3.8, 4) is 11.3 Å². The van der Waals surface area contributed by atoms with Crippen LogP contribution in [-0.2, 0) is 0 Å². The fourth-order valence-electron chi connectivity index (χ4n) is 3.78. The van der Waals surface area contributed by atoms with Gasteiger partial charge in [0.05, 0.1) is 11.7 Å². The number of carbonyl (C=O) groups is 1. The molecule has 1 aliphatic heterocycles. The van der Waals surface area contributed by atoms with Crippen LogP contribution >= 0.6 is 11.6 Å². The van der Waals surface area contributed by atoms with Crippen LogP contribution in [0.5, 0.6) is 0 Å². The molecule has 1 amide bonds. The second-order valence-electron chi connectivity index (χ2n) is 7.27. The van der Waals surface area contributed by atoms with Crippen molar-refractivity contribution >= 4 is 23.2 Å². The number of amides is 1. The highest BCUT2D eigenvalue weighted by Crippen LogP contribution is 2.32. The van der Waals surface area contributed by atoms with Gasteiger partial charge in [-0.2, -0.15) is 5.10 Å². The van der Waals surface area contributed by atoms with Crippen molar-refractivity contribution in [2.75, 3.05) is 11.4 Å². The van der Waals surface area contributed by atoms with Crippen LogP contribution in [0.2, 0.25) is 5.02 Å². The topological polar surface area (TPSA) is 38.1 Å². The summed E-state index contributed by atoms with van der Waals surface area (Å²) < 4.78 is 1.95. The smallest absolute Gasteiger partial charge is 0.276 e. The van der Waals surface area contributed by atoms with Gasteiger partial charge in [0.1, 0.15) is 5.69 Å². The lowest BCUT2D eigenvalue weighted by Gasteiger charge is -2.33. The zero-order chi connectivity index (χ0) is 19.5. The van der Waals surface area contributed by atoms with Crippen LogP contribution in [0.3, 0.4) is 0 Å². The van der Waals surface area contributed by atoms with Gasteiger partial charge in [0, 0.05) is 22.8 Å². The molecule has 1 atom stereocenters. The Hall–Kier alpha value is -2.59. The van der Waals surface area contributed by atoms with Crippen LogP contribution < -0.4 is 4.90 Å². The van der Waals surface area contributed by atoms with Gasteiger partial charge in [0.15, 0.2) is 0 Å². The number of benzene rings is 2. The molecule has 0 N–H and O–H groups in total. The highest BCUT2D eigenvalue weighted by atomic mass is 35.5. The highest BCUT2D eigenvalue weighted by molar-refractivity contribution is 6.30. The van der Waals surface area contributed by atoms with Crippen molar-refractivity contribution in [1.29, 1.82) is 0 Å². The van der Waals surface area contributed by atoms with Crippen molar-refractivity contribution < 1.29 is 4.79 Å². The number of anilines is 1. The van der Waals surface area contributed by atoms with Gasteiger partial charge < -0.3 is 4.90 Å². The maximum absolute atomic E-state index is 13.2. The Morgan fingerprint density at radius 3 is 2.54 bits per heavy atom. The van der Waals surface area contributed by atoms with Crippen molar-refractivity contribution in [2.24, 2.45) is 0 Å². The molecule has 0 spiro atoms. The molecule has 4 nitrogen and oxygen atoms in total. The zero-order valence-corrected chi connectivity index (χ0v) is 16.8. The third-order valence-corrected chi connectivity index (χ3v) is 5.54. The van der Waals surface area contributed by atoms with Crippen LogP contribution in [-0.4, -0.2) is 22.2 Å². The largest absolute Gasteiger partial charge is 0.305 e. The summed E-state index contributed by atoms with van der Waals surface area (Å²) in [5.41, 5.74) is 3.38. The summed E-state index contributed by atoms with van der Waals surface area (Å²) in [4.78, 5) is 15.1. The lowest BCUT2D eigenvalue weighted by Crippen LogP contribution is -2.43. The van der Waals surface area contributed by atoms with E-state index in [1.54, 1.807) is 0 Å². The zero-order valence-electron chi connectivity index (χ0n) is 16.0. The Balaban J connectivity index is 1.71. The van der Waals surface area contributed by atoms with Crippen molar-refractivity contribution in [2.45, 2.75) is 38.6 Å². The number of unbranched alkanes of at least 4 members (excludes halogenated alkanes) is 2. The second-order valence-corrected chi connectivity index (χ2v) is 7.70. The van der Waals surface area contributed by atoms with Gasteiger partial charge in [0.25, 0.3) is 5.91 Å². The standard InChI is InChI=1S/C23H24ClN3O/c1-2-3-5-10-20-16-26(19-8-6-4-7-9-19)23(28)22-15-21(25-27(20)22)17-11-13-18(24)14-12-17/h4,6-9,11-15,20H,2-3,5,10,16H2,1H3. The molecular formula is C23H24ClN3O. The van der Waals surface area contributed by atoms with E-state index in [0.29, 0.717) is 17.3 Å². The Morgan fingerprint density at radius 1 is 1.07 bits per heavy atom. The number of para-hydroxylation sites is 1. The van der Waals surface area contributed by atoms with E-state index >= 15 is 0 Å². The SMILES string of the molecule is CCCCCC1CN(c2ccccc2)C(=O)c2cc(-c3ccc(Cl)cc3)nn21. The van der Waals surface area contributed by atoms with Gasteiger partial charge in [-0.1, -0.05) is 68.1 Å². The summed E-state index contributed by atoms with van der Waals surface area (Å²) in [5.74, 6) is 0.00524. The first kappa shape index (κ1) is 18.8. The van der Waals surface area contributed by atoms with Gasteiger partial charge in [-0.25, -0.2) is 0 Å². The molecule has 2 aromatic carbocycles. The normalized spacial score (nSPS) is 16.3. The fraction of sp³-hybridized carbons (Fsp3) is 0.304. The minimum Gasteiger partial charge on any atom is -0.305 e. The summed E-state index contributed by atoms with van der Waals surface area (Å²) in [5, 5.41) is 5.51. The van der Waals surface area contributed by atoms with E-state index in [-0.39, 0.29) is 11.9 Å². The Kier molecular flexibility index (Phi) is 5.49. The van der Waals surface area contributed by atoms with Crippen LogP contribution in [0.15, 0.2) is 60.7 Å². The van der Waals surface area contributed by atoms with E-state index in [1.807, 2.05) is 70.2 Å². The summed E-state index contributed by atoms with van der Waals surface area (Å²) in [6.07, 6.45) is 4.51. The number of hydrogen-bond donors (Lipinski definition) is 0. The van der Waals surface area contributed by atoms with Crippen LogP contribution in [0.25, 0.3) is 11.3 Å². The average Bonchev–Trinajstić information content (AvgIpc) is 3.17. The molecule has 28 heavy (non-hydrogen) atoms. The van der Waals surface area contributed by atoms with Crippen LogP contribution in [0.4, 0.5) is 5.69 Å². The molecule has 0 fully saturated rings. The molecule has 4 rings (SSSR count). The molecule has 0 bridgehead atoms. The fourth-order valence-corrected chi connectivity index (χ4v) is 3.90. The first-order valence-electron chi connectivity index (χ1n) is 9.89. The number of hydrogen-bond acceptors (Lipinski definition) is 2. The number of aromatic nitrogens is 2. The monoisotopic (exact) mass is 393 g/mol. The first-order valence-corrected chi connectivity index (χ1v) is 10.3. The maximum Gasteiger partial charge on any atom is 0.276 e. The molecule has 144 valence electrons. The molecule has 0 saturated heterocycles. The quantitative estimate of drug-likeness (QED) is 0.483. The number of halogens is 1. The van der Waals surface area contributed by atoms with E-state index in [1.165, 1.54) is 12.8 Å². The Labute approximate surface area is 170 Å². The minimum absolute atomic E-state index is 0.00524. The number of nitrogens with zero attached hydrogens (tertiary/aromatic N) is 3. The predicted octanol–water partition coefficient (Wildman–Crippen LogP) is 5.99. The lowest BCUT2D eigenvalue weighted by atomic mass is 10.0. The van der Waals surface area contributed by atoms with Gasteiger partial charge in [0.2, 0.25) is 0 Å². The van der Waals surface area contributed by atoms with E-state index in [4.69, 9.17) is 16.7 Å². The molecular weight excluding hydrogens is 370 g/mol. The lowest BCUT2D eigenvalue weighted by molar-refractivity contribution is 0.0948. The van der Waals surface area contributed by atoms with E-state index < -0.39 is 0 Å². The second kappa shape index (κ2) is 8.19. The molecule has 0 aliphatic carbocycles. The number of carbonyl (C=O) groups excluding carboxylic acids is 1. The summed E-state index contributed by atoms with van der Waals surface area (Å²) in [7, 11) is 0. The van der Waals surface area contributed by atoms with Crippen LogP contribution in [0.1, 0.15) is 49.1 Å². The molecule has 3 aromatic rings. The van der Waals surface area contributed by atoms with Crippen molar-refractivity contribution in [1.82, 2.24) is 9.78 Å². The van der Waals surface area contributed by atoms with E-state index in [9.17, 15) is 4.79 Å². The summed E-state index contributed by atoms with van der Waals surface area (Å²) in [6, 6.07) is 19.6. The van der Waals surface area contributed by atoms with Gasteiger partial charge in [-0.05, 0) is 36.8 Å². The molecule has 2 heterocycles. The van der Waals surface area contributed by atoms with E-state index in [0.717, 1.165) is 29.8 Å². The van der Waals surface area contributed by atoms with Gasteiger partial charge in [-0.3, -0.25) is 9.48 Å². The summed E-state index contributed by atoms with van der Waals surface area (Å²) >= 11 is 6.02. The highest BCUT2D eigenvalue weighted by Gasteiger charge is 2.33. The van der Waals surface area contributed by atoms with Gasteiger partial charge in [-0.15, -0.1) is 0 Å². The first-order chi connectivity index (χ1) is 13.7. The van der Waals surface area contributed by atoms with E-state index in [2.05, 4.69) is 6.92 Å². The Bertz CT molecular complexity index is 950. The molecule has 5 heteroatoms. The molecule has 1 aliphatic rings. The number of fused-ring (bicyclic) bond motifs is 1. The average molecular weight is 394 g/mol. The number of rotatable bonds is 6. The molecule has 1 aromatic heterocycles. The van der Waals surface area contributed by atoms with Gasteiger partial charge >= 0.3 is 0 Å². The Morgan fingerprint density at radius 2 is 1.82 bits per heavy atom.